The quantitative estimate of drug-likeness (QED) is 0.610. The van der Waals surface area contributed by atoms with Crippen molar-refractivity contribution in [2.75, 3.05) is 42.8 Å². The number of ether oxygens (including phenoxy) is 1. The summed E-state index contributed by atoms with van der Waals surface area (Å²) in [6.45, 7) is 6.95. The lowest BCUT2D eigenvalue weighted by atomic mass is 10.0. The molecule has 32 heavy (non-hydrogen) atoms. The number of anilines is 2. The van der Waals surface area contributed by atoms with E-state index in [4.69, 9.17) is 9.72 Å². The number of morpholine rings is 1. The monoisotopic (exact) mass is 456 g/mol. The molecule has 9 heteroatoms. The van der Waals surface area contributed by atoms with E-state index < -0.39 is 9.84 Å². The van der Waals surface area contributed by atoms with Gasteiger partial charge < -0.3 is 15.0 Å². The Morgan fingerprint density at radius 1 is 1.12 bits per heavy atom. The lowest BCUT2D eigenvalue weighted by molar-refractivity contribution is 0.121. The van der Waals surface area contributed by atoms with Gasteiger partial charge in [0.05, 0.1) is 40.7 Å². The molecule has 170 valence electrons. The SMILES string of the molecule is CCn1c(N2CCOCC2)nc2c([C@@H](C)Nc3ccccc3S(C)(=O)=O)cccc2c1=O. The van der Waals surface area contributed by atoms with Crippen molar-refractivity contribution < 1.29 is 13.2 Å². The molecule has 0 spiro atoms. The van der Waals surface area contributed by atoms with Crippen molar-refractivity contribution in [2.24, 2.45) is 0 Å². The first-order valence-electron chi connectivity index (χ1n) is 10.7. The van der Waals surface area contributed by atoms with E-state index in [1.54, 1.807) is 34.9 Å². The molecule has 4 rings (SSSR count). The molecule has 1 atom stereocenters. The molecule has 1 aliphatic rings. The predicted molar refractivity (Wildman–Crippen MR) is 126 cm³/mol. The topological polar surface area (TPSA) is 93.5 Å². The van der Waals surface area contributed by atoms with Gasteiger partial charge in [-0.2, -0.15) is 0 Å². The lowest BCUT2D eigenvalue weighted by Crippen LogP contribution is -2.40. The summed E-state index contributed by atoms with van der Waals surface area (Å²) in [6, 6.07) is 12.1. The van der Waals surface area contributed by atoms with Gasteiger partial charge in [-0.3, -0.25) is 9.36 Å². The van der Waals surface area contributed by atoms with Gasteiger partial charge in [-0.15, -0.1) is 0 Å². The fourth-order valence-corrected chi connectivity index (χ4v) is 4.97. The number of hydrogen-bond donors (Lipinski definition) is 1. The highest BCUT2D eigenvalue weighted by Gasteiger charge is 2.22. The second-order valence-corrected chi connectivity index (χ2v) is 9.92. The molecule has 1 aliphatic heterocycles. The number of hydrogen-bond acceptors (Lipinski definition) is 7. The minimum Gasteiger partial charge on any atom is -0.378 e. The molecular weight excluding hydrogens is 428 g/mol. The van der Waals surface area contributed by atoms with Crippen LogP contribution in [0.5, 0.6) is 0 Å². The molecular formula is C23H28N4O4S. The number of aromatic nitrogens is 2. The van der Waals surface area contributed by atoms with Crippen molar-refractivity contribution in [1.29, 1.82) is 0 Å². The summed E-state index contributed by atoms with van der Waals surface area (Å²) in [5.41, 5.74) is 1.90. The van der Waals surface area contributed by atoms with Gasteiger partial charge in [-0.1, -0.05) is 24.3 Å². The minimum absolute atomic E-state index is 0.0791. The van der Waals surface area contributed by atoms with Gasteiger partial charge in [-0.25, -0.2) is 13.4 Å². The first-order valence-corrected chi connectivity index (χ1v) is 12.6. The van der Waals surface area contributed by atoms with Crippen LogP contribution in [0.15, 0.2) is 52.2 Å². The second-order valence-electron chi connectivity index (χ2n) is 7.94. The Morgan fingerprint density at radius 3 is 2.53 bits per heavy atom. The number of para-hydroxylation sites is 2. The van der Waals surface area contributed by atoms with Crippen LogP contribution in [0.3, 0.4) is 0 Å². The van der Waals surface area contributed by atoms with Crippen molar-refractivity contribution in [1.82, 2.24) is 9.55 Å². The number of nitrogens with one attached hydrogen (secondary N) is 1. The fourth-order valence-electron chi connectivity index (χ4n) is 4.11. The molecule has 3 aromatic rings. The van der Waals surface area contributed by atoms with Crippen LogP contribution in [-0.2, 0) is 21.1 Å². The number of fused-ring (bicyclic) bond motifs is 1. The van der Waals surface area contributed by atoms with Crippen LogP contribution in [0.25, 0.3) is 10.9 Å². The Morgan fingerprint density at radius 2 is 1.84 bits per heavy atom. The highest BCUT2D eigenvalue weighted by Crippen LogP contribution is 2.29. The molecule has 0 aliphatic carbocycles. The van der Waals surface area contributed by atoms with E-state index in [1.165, 1.54) is 6.26 Å². The third-order valence-corrected chi connectivity index (χ3v) is 6.89. The molecule has 0 unspecified atom stereocenters. The van der Waals surface area contributed by atoms with Crippen molar-refractivity contribution >= 4 is 32.4 Å². The Labute approximate surface area is 187 Å². The summed E-state index contributed by atoms with van der Waals surface area (Å²) in [5.74, 6) is 0.643. The summed E-state index contributed by atoms with van der Waals surface area (Å²) < 4.78 is 31.6. The molecule has 0 radical (unpaired) electrons. The van der Waals surface area contributed by atoms with E-state index in [1.807, 2.05) is 26.0 Å². The van der Waals surface area contributed by atoms with E-state index in [0.717, 1.165) is 5.56 Å². The second kappa shape index (κ2) is 8.91. The van der Waals surface area contributed by atoms with Gasteiger partial charge in [0.25, 0.3) is 5.56 Å². The van der Waals surface area contributed by atoms with E-state index in [9.17, 15) is 13.2 Å². The van der Waals surface area contributed by atoms with Crippen LogP contribution >= 0.6 is 0 Å². The number of rotatable bonds is 6. The van der Waals surface area contributed by atoms with Gasteiger partial charge >= 0.3 is 0 Å². The van der Waals surface area contributed by atoms with E-state index in [-0.39, 0.29) is 16.5 Å². The summed E-state index contributed by atoms with van der Waals surface area (Å²) in [6.07, 6.45) is 1.19. The zero-order valence-corrected chi connectivity index (χ0v) is 19.4. The molecule has 2 aromatic carbocycles. The highest BCUT2D eigenvalue weighted by molar-refractivity contribution is 7.90. The molecule has 0 bridgehead atoms. The van der Waals surface area contributed by atoms with Crippen LogP contribution in [0.2, 0.25) is 0 Å². The summed E-state index contributed by atoms with van der Waals surface area (Å²) in [5, 5.41) is 3.86. The Bertz CT molecular complexity index is 1300. The normalized spacial score (nSPS) is 15.7. The van der Waals surface area contributed by atoms with E-state index in [2.05, 4.69) is 10.2 Å². The van der Waals surface area contributed by atoms with Crippen LogP contribution in [0.1, 0.15) is 25.5 Å². The van der Waals surface area contributed by atoms with Gasteiger partial charge in [0.1, 0.15) is 0 Å². The lowest BCUT2D eigenvalue weighted by Gasteiger charge is -2.30. The van der Waals surface area contributed by atoms with Crippen molar-refractivity contribution in [3.63, 3.8) is 0 Å². The largest absolute Gasteiger partial charge is 0.378 e. The summed E-state index contributed by atoms with van der Waals surface area (Å²) in [4.78, 5) is 20.6. The highest BCUT2D eigenvalue weighted by atomic mass is 32.2. The average Bonchev–Trinajstić information content (AvgIpc) is 2.79. The first-order chi connectivity index (χ1) is 15.3. The van der Waals surface area contributed by atoms with Crippen LogP contribution in [0.4, 0.5) is 11.6 Å². The number of benzene rings is 2. The van der Waals surface area contributed by atoms with Crippen molar-refractivity contribution in [3.05, 3.63) is 58.4 Å². The third kappa shape index (κ3) is 4.22. The molecule has 2 heterocycles. The van der Waals surface area contributed by atoms with E-state index >= 15 is 0 Å². The maximum atomic E-state index is 13.3. The van der Waals surface area contributed by atoms with Gasteiger partial charge in [0.2, 0.25) is 5.95 Å². The Balaban J connectivity index is 1.82. The van der Waals surface area contributed by atoms with Gasteiger partial charge in [-0.05, 0) is 32.0 Å². The van der Waals surface area contributed by atoms with Gasteiger partial charge in [0.15, 0.2) is 9.84 Å². The predicted octanol–water partition coefficient (Wildman–Crippen LogP) is 2.83. The molecule has 1 aromatic heterocycles. The van der Waals surface area contributed by atoms with E-state index in [0.29, 0.717) is 55.4 Å². The first kappa shape index (κ1) is 22.3. The Hall–Kier alpha value is -2.91. The van der Waals surface area contributed by atoms with Crippen molar-refractivity contribution in [3.8, 4) is 0 Å². The van der Waals surface area contributed by atoms with Crippen molar-refractivity contribution in [2.45, 2.75) is 31.3 Å². The minimum atomic E-state index is -3.39. The zero-order chi connectivity index (χ0) is 22.9. The maximum Gasteiger partial charge on any atom is 0.262 e. The van der Waals surface area contributed by atoms with Gasteiger partial charge in [0, 0.05) is 31.5 Å². The molecule has 8 nitrogen and oxygen atoms in total. The van der Waals surface area contributed by atoms with Crippen LogP contribution < -0.4 is 15.8 Å². The molecule has 1 N–H and O–H groups in total. The fraction of sp³-hybridized carbons (Fsp3) is 0.391. The standard InChI is InChI=1S/C23H28N4O4S/c1-4-27-22(28)18-9-7-8-17(21(18)25-23(27)26-12-14-31-15-13-26)16(2)24-19-10-5-6-11-20(19)32(3,29)30/h5-11,16,24H,4,12-15H2,1-3H3/t16-/m1/s1. The van der Waals surface area contributed by atoms with Crippen LogP contribution in [-0.4, -0.2) is 50.5 Å². The average molecular weight is 457 g/mol. The molecule has 0 saturated carbocycles. The molecule has 1 saturated heterocycles. The summed E-state index contributed by atoms with van der Waals surface area (Å²) in [7, 11) is -3.39. The maximum absolute atomic E-state index is 13.3. The third-order valence-electron chi connectivity index (χ3n) is 5.73. The zero-order valence-electron chi connectivity index (χ0n) is 18.5. The molecule has 0 amide bonds. The molecule has 1 fully saturated rings. The summed E-state index contributed by atoms with van der Waals surface area (Å²) >= 11 is 0. The smallest absolute Gasteiger partial charge is 0.262 e. The van der Waals surface area contributed by atoms with Crippen LogP contribution in [0, 0.1) is 0 Å². The number of sulfone groups is 1. The number of nitrogens with zero attached hydrogens (tertiary/aromatic N) is 3. The Kier molecular flexibility index (Phi) is 6.21.